The fraction of sp³-hybridized carbons (Fsp3) is 0.533. The second-order valence-electron chi connectivity index (χ2n) is 5.05. The number of aromatic hydroxyl groups is 1. The molecule has 0 radical (unpaired) electrons. The molecular weight excluding hydrogens is 306 g/mol. The third kappa shape index (κ3) is 3.72. The summed E-state index contributed by atoms with van der Waals surface area (Å²) >= 11 is 3.51. The molecule has 1 aliphatic heterocycles. The van der Waals surface area contributed by atoms with E-state index >= 15 is 0 Å². The summed E-state index contributed by atoms with van der Waals surface area (Å²) in [6.07, 6.45) is 4.82. The Morgan fingerprint density at radius 3 is 2.84 bits per heavy atom. The van der Waals surface area contributed by atoms with Crippen LogP contribution < -0.4 is 0 Å². The Morgan fingerprint density at radius 2 is 2.11 bits per heavy atom. The number of halogens is 1. The second kappa shape index (κ2) is 6.94. The summed E-state index contributed by atoms with van der Waals surface area (Å²) in [7, 11) is 0. The van der Waals surface area contributed by atoms with E-state index in [9.17, 15) is 9.90 Å². The Labute approximate surface area is 122 Å². The number of rotatable bonds is 3. The average molecular weight is 326 g/mol. The maximum atomic E-state index is 12.4. The lowest BCUT2D eigenvalue weighted by molar-refractivity contribution is -0.132. The van der Waals surface area contributed by atoms with Gasteiger partial charge in [-0.25, -0.2) is 0 Å². The molecule has 1 amide bonds. The largest absolute Gasteiger partial charge is 0.508 e. The van der Waals surface area contributed by atoms with Crippen molar-refractivity contribution >= 4 is 21.8 Å². The predicted molar refractivity (Wildman–Crippen MR) is 79.6 cm³/mol. The SMILES string of the molecule is O=C(Cc1ccccc1O)N1CCCCCC1CBr. The molecule has 1 heterocycles. The lowest BCUT2D eigenvalue weighted by Crippen LogP contribution is -2.41. The quantitative estimate of drug-likeness (QED) is 0.867. The Morgan fingerprint density at radius 1 is 1.32 bits per heavy atom. The summed E-state index contributed by atoms with van der Waals surface area (Å²) in [5.74, 6) is 0.328. The first-order valence-corrected chi connectivity index (χ1v) is 7.97. The van der Waals surface area contributed by atoms with Crippen molar-refractivity contribution < 1.29 is 9.90 Å². The zero-order chi connectivity index (χ0) is 13.7. The fourth-order valence-corrected chi connectivity index (χ4v) is 3.26. The number of alkyl halides is 1. The Kier molecular flexibility index (Phi) is 5.25. The molecule has 1 aliphatic rings. The van der Waals surface area contributed by atoms with Gasteiger partial charge in [-0.3, -0.25) is 4.79 Å². The van der Waals surface area contributed by atoms with Crippen molar-refractivity contribution in [1.29, 1.82) is 0 Å². The van der Waals surface area contributed by atoms with Crippen LogP contribution in [0.5, 0.6) is 5.75 Å². The van der Waals surface area contributed by atoms with Crippen molar-refractivity contribution in [3.63, 3.8) is 0 Å². The van der Waals surface area contributed by atoms with E-state index in [1.54, 1.807) is 12.1 Å². The Hall–Kier alpha value is -1.03. The smallest absolute Gasteiger partial charge is 0.227 e. The van der Waals surface area contributed by atoms with Crippen molar-refractivity contribution in [2.24, 2.45) is 0 Å². The van der Waals surface area contributed by atoms with Gasteiger partial charge >= 0.3 is 0 Å². The zero-order valence-electron chi connectivity index (χ0n) is 11.0. The first-order valence-electron chi connectivity index (χ1n) is 6.84. The van der Waals surface area contributed by atoms with Crippen LogP contribution in [0.1, 0.15) is 31.2 Å². The number of hydrogen-bond acceptors (Lipinski definition) is 2. The molecule has 1 aromatic rings. The van der Waals surface area contributed by atoms with Gasteiger partial charge in [0.05, 0.1) is 6.42 Å². The molecule has 1 aromatic carbocycles. The Bertz CT molecular complexity index is 436. The number of phenolic OH excluding ortho intramolecular Hbond substituents is 1. The maximum absolute atomic E-state index is 12.4. The molecule has 3 nitrogen and oxygen atoms in total. The number of carbonyl (C=O) groups excluding carboxylic acids is 1. The normalized spacial score (nSPS) is 20.1. The van der Waals surface area contributed by atoms with Crippen LogP contribution in [0.3, 0.4) is 0 Å². The van der Waals surface area contributed by atoms with Gasteiger partial charge in [-0.15, -0.1) is 0 Å². The van der Waals surface area contributed by atoms with Gasteiger partial charge < -0.3 is 10.0 Å². The van der Waals surface area contributed by atoms with Crippen LogP contribution >= 0.6 is 15.9 Å². The lowest BCUT2D eigenvalue weighted by atomic mass is 10.1. The molecule has 4 heteroatoms. The highest BCUT2D eigenvalue weighted by Crippen LogP contribution is 2.22. The number of benzene rings is 1. The van der Waals surface area contributed by atoms with E-state index in [2.05, 4.69) is 15.9 Å². The van der Waals surface area contributed by atoms with Crippen molar-refractivity contribution in [2.45, 2.75) is 38.1 Å². The number of phenols is 1. The van der Waals surface area contributed by atoms with Crippen molar-refractivity contribution in [2.75, 3.05) is 11.9 Å². The van der Waals surface area contributed by atoms with E-state index in [4.69, 9.17) is 0 Å². The number of nitrogens with zero attached hydrogens (tertiary/aromatic N) is 1. The van der Waals surface area contributed by atoms with Gasteiger partial charge in [-0.2, -0.15) is 0 Å². The minimum absolute atomic E-state index is 0.118. The summed E-state index contributed by atoms with van der Waals surface area (Å²) in [4.78, 5) is 14.4. The molecular formula is C15H20BrNO2. The molecule has 0 aromatic heterocycles. The van der Waals surface area contributed by atoms with E-state index in [0.717, 1.165) is 24.7 Å². The highest BCUT2D eigenvalue weighted by atomic mass is 79.9. The first-order chi connectivity index (χ1) is 9.22. The van der Waals surface area contributed by atoms with Crippen LogP contribution in [0.2, 0.25) is 0 Å². The van der Waals surface area contributed by atoms with Crippen molar-refractivity contribution in [3.05, 3.63) is 29.8 Å². The monoisotopic (exact) mass is 325 g/mol. The number of hydrogen-bond donors (Lipinski definition) is 1. The summed E-state index contributed by atoms with van der Waals surface area (Å²) in [6, 6.07) is 7.37. The summed E-state index contributed by atoms with van der Waals surface area (Å²) in [6.45, 7) is 0.836. The van der Waals surface area contributed by atoms with Gasteiger partial charge in [0, 0.05) is 23.5 Å². The third-order valence-corrected chi connectivity index (χ3v) is 4.46. The molecule has 1 atom stereocenters. The maximum Gasteiger partial charge on any atom is 0.227 e. The molecule has 0 saturated carbocycles. The van der Waals surface area contributed by atoms with E-state index in [0.29, 0.717) is 11.6 Å². The lowest BCUT2D eigenvalue weighted by Gasteiger charge is -2.29. The molecule has 19 heavy (non-hydrogen) atoms. The minimum Gasteiger partial charge on any atom is -0.508 e. The highest BCUT2D eigenvalue weighted by Gasteiger charge is 2.24. The number of likely N-dealkylation sites (tertiary alicyclic amines) is 1. The molecule has 0 bridgehead atoms. The molecule has 1 fully saturated rings. The average Bonchev–Trinajstić information content (AvgIpc) is 2.66. The van der Waals surface area contributed by atoms with Crippen LogP contribution in [-0.2, 0) is 11.2 Å². The molecule has 1 unspecified atom stereocenters. The Balaban J connectivity index is 2.07. The highest BCUT2D eigenvalue weighted by molar-refractivity contribution is 9.09. The number of para-hydroxylation sites is 1. The van der Waals surface area contributed by atoms with Gasteiger partial charge in [-0.1, -0.05) is 47.0 Å². The van der Waals surface area contributed by atoms with Crippen LogP contribution in [0.4, 0.5) is 0 Å². The summed E-state index contributed by atoms with van der Waals surface area (Å²) < 4.78 is 0. The van der Waals surface area contributed by atoms with Crippen LogP contribution in [0, 0.1) is 0 Å². The van der Waals surface area contributed by atoms with Gasteiger partial charge in [0.2, 0.25) is 5.91 Å². The second-order valence-corrected chi connectivity index (χ2v) is 5.70. The van der Waals surface area contributed by atoms with Gasteiger partial charge in [0.1, 0.15) is 5.75 Å². The van der Waals surface area contributed by atoms with Crippen molar-refractivity contribution in [1.82, 2.24) is 4.90 Å². The molecule has 0 spiro atoms. The molecule has 0 aliphatic carbocycles. The van der Waals surface area contributed by atoms with E-state index < -0.39 is 0 Å². The first kappa shape index (κ1) is 14.4. The molecule has 2 rings (SSSR count). The summed E-state index contributed by atoms with van der Waals surface area (Å²) in [5, 5.41) is 10.6. The molecule has 1 N–H and O–H groups in total. The third-order valence-electron chi connectivity index (χ3n) is 3.71. The van der Waals surface area contributed by atoms with E-state index in [1.807, 2.05) is 17.0 Å². The summed E-state index contributed by atoms with van der Waals surface area (Å²) in [5.41, 5.74) is 0.713. The molecule has 104 valence electrons. The van der Waals surface area contributed by atoms with Crippen LogP contribution in [0.15, 0.2) is 24.3 Å². The van der Waals surface area contributed by atoms with Gasteiger partial charge in [0.15, 0.2) is 0 Å². The minimum atomic E-state index is 0.118. The zero-order valence-corrected chi connectivity index (χ0v) is 12.6. The molecule has 1 saturated heterocycles. The van der Waals surface area contributed by atoms with Gasteiger partial charge in [0.25, 0.3) is 0 Å². The van der Waals surface area contributed by atoms with E-state index in [1.165, 1.54) is 12.8 Å². The number of amides is 1. The fourth-order valence-electron chi connectivity index (χ4n) is 2.59. The standard InChI is InChI=1S/C15H20BrNO2/c16-11-13-7-2-1-5-9-17(13)15(19)10-12-6-3-4-8-14(12)18/h3-4,6,8,13,18H,1-2,5,7,9-11H2. The predicted octanol–water partition coefficient (Wildman–Crippen LogP) is 3.10. The van der Waals surface area contributed by atoms with E-state index in [-0.39, 0.29) is 18.1 Å². The van der Waals surface area contributed by atoms with Crippen LogP contribution in [0.25, 0.3) is 0 Å². The van der Waals surface area contributed by atoms with Crippen LogP contribution in [-0.4, -0.2) is 33.8 Å². The topological polar surface area (TPSA) is 40.5 Å². The number of carbonyl (C=O) groups is 1. The van der Waals surface area contributed by atoms with Crippen molar-refractivity contribution in [3.8, 4) is 5.75 Å². The van der Waals surface area contributed by atoms with Gasteiger partial charge in [-0.05, 0) is 18.9 Å².